The highest BCUT2D eigenvalue weighted by molar-refractivity contribution is 5.77. The summed E-state index contributed by atoms with van der Waals surface area (Å²) in [4.78, 5) is 24.7. The summed E-state index contributed by atoms with van der Waals surface area (Å²) in [6.45, 7) is 6.53. The van der Waals surface area contributed by atoms with E-state index in [0.717, 1.165) is 32.1 Å². The minimum absolute atomic E-state index is 0.175. The van der Waals surface area contributed by atoms with Crippen molar-refractivity contribution in [3.05, 3.63) is 0 Å². The van der Waals surface area contributed by atoms with Crippen LogP contribution in [-0.2, 0) is 9.59 Å². The van der Waals surface area contributed by atoms with Crippen LogP contribution in [0.4, 0.5) is 0 Å². The monoisotopic (exact) mass is 293 g/mol. The van der Waals surface area contributed by atoms with Crippen LogP contribution < -0.4 is 0 Å². The normalized spacial score (nSPS) is 10.1. The van der Waals surface area contributed by atoms with Gasteiger partial charge in [-0.25, -0.2) is 0 Å². The lowest BCUT2D eigenvalue weighted by Crippen LogP contribution is -2.26. The molecule has 3 heteroatoms. The molecule has 0 aromatic rings. The topological polar surface area (TPSA) is 37.4 Å². The van der Waals surface area contributed by atoms with Crippen molar-refractivity contribution in [2.75, 3.05) is 13.6 Å². The first-order chi connectivity index (χ1) is 9.97. The molecule has 0 aromatic heterocycles. The number of nitrogens with zero attached hydrogens (tertiary/aromatic N) is 1. The summed E-state index contributed by atoms with van der Waals surface area (Å²) >= 11 is 0. The number of hydrogen-bond donors (Lipinski definition) is 0. The Morgan fingerprint density at radius 1 is 1.00 bits per heavy atom. The van der Waals surface area contributed by atoms with E-state index in [0.29, 0.717) is 37.5 Å². The summed E-state index contributed by atoms with van der Waals surface area (Å²) in [5, 5.41) is 0. The quantitative estimate of drug-likeness (QED) is 0.453. The van der Waals surface area contributed by atoms with E-state index >= 15 is 0 Å². The van der Waals surface area contributed by atoms with Crippen LogP contribution >= 0.6 is 0 Å². The molecule has 0 saturated carbocycles. The average Bonchev–Trinajstić information content (AvgIpc) is 2.45. The molecule has 0 heterocycles. The van der Waals surface area contributed by atoms with Gasteiger partial charge in [0.2, 0.25) is 5.91 Å². The highest BCUT2D eigenvalue weighted by Gasteiger charge is 2.06. The van der Waals surface area contributed by atoms with Crippen molar-refractivity contribution in [3.63, 3.8) is 0 Å². The fourth-order valence-corrected chi connectivity index (χ4v) is 1.95. The first kappa shape index (κ1) is 19.7. The smallest absolute Gasteiger partial charge is 0.223 e. The lowest BCUT2D eigenvalue weighted by Gasteiger charge is -2.13. The number of ketones is 1. The molecule has 0 atom stereocenters. The number of Topliss-reactive ketones (excluding diaryl/α,β-unsaturated/α-hetero) is 1. The highest BCUT2D eigenvalue weighted by atomic mass is 16.2. The lowest BCUT2D eigenvalue weighted by atomic mass is 10.1. The van der Waals surface area contributed by atoms with Crippen LogP contribution in [0.2, 0.25) is 0 Å². The molecule has 0 unspecified atom stereocenters. The van der Waals surface area contributed by atoms with Crippen molar-refractivity contribution in [1.82, 2.24) is 4.90 Å². The number of hydrogen-bond acceptors (Lipinski definition) is 2. The van der Waals surface area contributed by atoms with Gasteiger partial charge in [-0.05, 0) is 12.8 Å². The molecule has 0 aliphatic rings. The number of carbonyl (C=O) groups is 2. The minimum Gasteiger partial charge on any atom is -0.335 e. The van der Waals surface area contributed by atoms with Crippen molar-refractivity contribution >= 4 is 11.7 Å². The Balaban J connectivity index is 3.57. The maximum atomic E-state index is 11.8. The minimum atomic E-state index is 0.175. The Morgan fingerprint density at radius 2 is 1.57 bits per heavy atom. The third-order valence-corrected chi connectivity index (χ3v) is 3.37. The van der Waals surface area contributed by atoms with E-state index in [-0.39, 0.29) is 5.91 Å². The van der Waals surface area contributed by atoms with E-state index in [4.69, 9.17) is 0 Å². The average molecular weight is 293 g/mol. The highest BCUT2D eigenvalue weighted by Crippen LogP contribution is 2.09. The molecule has 21 heavy (non-hydrogen) atoms. The predicted octanol–water partition coefficient (Wildman–Crippen LogP) is 3.81. The van der Waals surface area contributed by atoms with Crippen LogP contribution in [0.15, 0.2) is 0 Å². The summed E-state index contributed by atoms with van der Waals surface area (Å²) < 4.78 is 0. The molecule has 0 saturated heterocycles. The van der Waals surface area contributed by atoms with Crippen LogP contribution in [-0.4, -0.2) is 30.2 Å². The van der Waals surface area contributed by atoms with Gasteiger partial charge < -0.3 is 4.90 Å². The summed E-state index contributed by atoms with van der Waals surface area (Å²) in [6.07, 6.45) is 7.17. The van der Waals surface area contributed by atoms with Gasteiger partial charge in [-0.1, -0.05) is 51.9 Å². The number of amides is 1. The number of carbonyl (C=O) groups excluding carboxylic acids is 2. The van der Waals surface area contributed by atoms with Crippen LogP contribution in [0.25, 0.3) is 0 Å². The van der Waals surface area contributed by atoms with Crippen molar-refractivity contribution < 1.29 is 9.59 Å². The molecule has 0 rings (SSSR count). The zero-order valence-corrected chi connectivity index (χ0v) is 14.2. The van der Waals surface area contributed by atoms with Gasteiger partial charge >= 0.3 is 0 Å². The molecule has 0 spiro atoms. The maximum absolute atomic E-state index is 11.8. The molecule has 0 aliphatic carbocycles. The van der Waals surface area contributed by atoms with Gasteiger partial charge in [0.25, 0.3) is 0 Å². The molecule has 0 N–H and O–H groups in total. The van der Waals surface area contributed by atoms with Gasteiger partial charge in [-0.2, -0.15) is 0 Å². The van der Waals surface area contributed by atoms with Crippen LogP contribution in [0, 0.1) is 17.8 Å². The molecule has 1 amide bonds. The van der Waals surface area contributed by atoms with E-state index in [1.807, 2.05) is 27.8 Å². The zero-order chi connectivity index (χ0) is 16.1. The largest absolute Gasteiger partial charge is 0.335 e. The Labute approximate surface area is 130 Å². The van der Waals surface area contributed by atoms with E-state index in [9.17, 15) is 9.59 Å². The molecule has 0 aliphatic heterocycles. The summed E-state index contributed by atoms with van der Waals surface area (Å²) in [5.74, 6) is 6.97. The van der Waals surface area contributed by atoms with Gasteiger partial charge in [0.1, 0.15) is 5.78 Å². The summed E-state index contributed by atoms with van der Waals surface area (Å²) in [6, 6.07) is 0. The fraction of sp³-hybridized carbons (Fsp3) is 0.778. The van der Waals surface area contributed by atoms with Crippen molar-refractivity contribution in [2.45, 2.75) is 72.1 Å². The lowest BCUT2D eigenvalue weighted by molar-refractivity contribution is -0.129. The van der Waals surface area contributed by atoms with E-state index < -0.39 is 0 Å². The first-order valence-electron chi connectivity index (χ1n) is 8.21. The molecular formula is C18H31NO2. The van der Waals surface area contributed by atoms with E-state index in [2.05, 4.69) is 11.8 Å². The van der Waals surface area contributed by atoms with Crippen LogP contribution in [0.1, 0.15) is 72.1 Å². The summed E-state index contributed by atoms with van der Waals surface area (Å²) in [7, 11) is 1.81. The van der Waals surface area contributed by atoms with E-state index in [1.54, 1.807) is 4.90 Å². The fourth-order valence-electron chi connectivity index (χ4n) is 1.95. The van der Waals surface area contributed by atoms with Gasteiger partial charge in [-0.15, -0.1) is 0 Å². The Hall–Kier alpha value is -1.30. The van der Waals surface area contributed by atoms with Gasteiger partial charge in [-0.3, -0.25) is 9.59 Å². The van der Waals surface area contributed by atoms with Crippen LogP contribution in [0.3, 0.4) is 0 Å². The van der Waals surface area contributed by atoms with Gasteiger partial charge in [0.05, 0.1) is 6.54 Å². The van der Waals surface area contributed by atoms with Crippen molar-refractivity contribution in [2.24, 2.45) is 5.92 Å². The molecule has 0 fully saturated rings. The Bertz CT molecular complexity index is 363. The third kappa shape index (κ3) is 12.2. The molecule has 0 aromatic carbocycles. The standard InChI is InChI=1S/C18H31NO2/c1-5-17(20)13-9-7-6-8-10-14-18(21)19(4)15-11-12-16(2)3/h16H,5-10,13-15H2,1-4H3. The van der Waals surface area contributed by atoms with Crippen LogP contribution in [0.5, 0.6) is 0 Å². The van der Waals surface area contributed by atoms with Gasteiger partial charge in [0.15, 0.2) is 0 Å². The molecular weight excluding hydrogens is 262 g/mol. The predicted molar refractivity (Wildman–Crippen MR) is 87.9 cm³/mol. The SMILES string of the molecule is CCC(=O)CCCCCCCC(=O)N(C)CC#CC(C)C. The Morgan fingerprint density at radius 3 is 2.14 bits per heavy atom. The molecule has 0 bridgehead atoms. The van der Waals surface area contributed by atoms with E-state index in [1.165, 1.54) is 0 Å². The molecule has 0 radical (unpaired) electrons. The second-order valence-corrected chi connectivity index (χ2v) is 5.89. The molecule has 3 nitrogen and oxygen atoms in total. The number of rotatable bonds is 10. The third-order valence-electron chi connectivity index (χ3n) is 3.37. The Kier molecular flexibility index (Phi) is 11.7. The van der Waals surface area contributed by atoms with Crippen molar-refractivity contribution in [1.29, 1.82) is 0 Å². The maximum Gasteiger partial charge on any atom is 0.223 e. The second-order valence-electron chi connectivity index (χ2n) is 5.89. The summed E-state index contributed by atoms with van der Waals surface area (Å²) in [5.41, 5.74) is 0. The van der Waals surface area contributed by atoms with Crippen molar-refractivity contribution in [3.8, 4) is 11.8 Å². The number of unbranched alkanes of at least 4 members (excludes halogenated alkanes) is 4. The first-order valence-corrected chi connectivity index (χ1v) is 8.21. The zero-order valence-electron chi connectivity index (χ0n) is 14.2. The second kappa shape index (κ2) is 12.4. The van der Waals surface area contributed by atoms with Gasteiger partial charge in [0, 0.05) is 32.2 Å². The molecule has 120 valence electrons.